The van der Waals surface area contributed by atoms with E-state index in [0.29, 0.717) is 0 Å². The molecule has 0 rings (SSSR count). The van der Waals surface area contributed by atoms with Crippen molar-refractivity contribution in [3.05, 3.63) is 0 Å². The second-order valence-corrected chi connectivity index (χ2v) is 1.96. The van der Waals surface area contributed by atoms with Crippen LogP contribution < -0.4 is 0 Å². The standard InChI is InChI=1S/C3H9O2P/c1-2-3-6-5-4/h4,6H,2-3H2,1H3. The van der Waals surface area contributed by atoms with Gasteiger partial charge in [-0.25, -0.2) is 9.93 Å². The van der Waals surface area contributed by atoms with Crippen LogP contribution in [0.5, 0.6) is 0 Å². The molecule has 0 radical (unpaired) electrons. The van der Waals surface area contributed by atoms with Gasteiger partial charge >= 0.3 is 0 Å². The van der Waals surface area contributed by atoms with Crippen molar-refractivity contribution in [3.8, 4) is 0 Å². The van der Waals surface area contributed by atoms with Crippen molar-refractivity contribution in [2.24, 2.45) is 0 Å². The van der Waals surface area contributed by atoms with Crippen LogP contribution in [-0.4, -0.2) is 11.4 Å². The quantitative estimate of drug-likeness (QED) is 0.257. The summed E-state index contributed by atoms with van der Waals surface area (Å²) in [6.45, 7) is 2.05. The average Bonchev–Trinajstić information content (AvgIpc) is 1.61. The molecule has 1 N–H and O–H groups in total. The maximum atomic E-state index is 7.71. The Hall–Kier alpha value is 0.350. The Labute approximate surface area is 39.3 Å². The van der Waals surface area contributed by atoms with Crippen LogP contribution in [0.25, 0.3) is 0 Å². The average molecular weight is 108 g/mol. The molecule has 0 saturated carbocycles. The highest BCUT2D eigenvalue weighted by Gasteiger charge is 1.76. The summed E-state index contributed by atoms with van der Waals surface area (Å²) in [5.41, 5.74) is 0. The maximum absolute atomic E-state index is 7.71. The summed E-state index contributed by atoms with van der Waals surface area (Å²) in [4.78, 5) is 0. The van der Waals surface area contributed by atoms with Gasteiger partial charge in [0.25, 0.3) is 0 Å². The van der Waals surface area contributed by atoms with Gasteiger partial charge in [-0.3, -0.25) is 0 Å². The van der Waals surface area contributed by atoms with Crippen LogP contribution in [0.2, 0.25) is 0 Å². The molecule has 1 unspecified atom stereocenters. The smallest absolute Gasteiger partial charge is 0.0562 e. The van der Waals surface area contributed by atoms with Gasteiger partial charge in [-0.1, -0.05) is 13.3 Å². The first kappa shape index (κ1) is 6.35. The Balaban J connectivity index is 2.34. The molecule has 1 atom stereocenters. The number of rotatable bonds is 3. The molecule has 0 saturated heterocycles. The topological polar surface area (TPSA) is 29.5 Å². The van der Waals surface area contributed by atoms with Gasteiger partial charge < -0.3 is 0 Å². The van der Waals surface area contributed by atoms with Crippen molar-refractivity contribution in [1.82, 2.24) is 0 Å². The highest BCUT2D eigenvalue weighted by atomic mass is 31.1. The second-order valence-electron chi connectivity index (χ2n) is 0.986. The molecule has 0 bridgehead atoms. The Bertz CT molecular complexity index is 20.8. The lowest BCUT2D eigenvalue weighted by molar-refractivity contribution is -0.122. The Morgan fingerprint density at radius 3 is 2.67 bits per heavy atom. The lowest BCUT2D eigenvalue weighted by atomic mass is 10.6. The van der Waals surface area contributed by atoms with E-state index in [1.807, 2.05) is 6.92 Å². The van der Waals surface area contributed by atoms with Gasteiger partial charge in [0.2, 0.25) is 0 Å². The first-order valence-electron chi connectivity index (χ1n) is 1.95. The number of hydrogen-bond acceptors (Lipinski definition) is 2. The molecule has 0 spiro atoms. The SMILES string of the molecule is CCCPOO. The minimum atomic E-state index is 0.270. The Morgan fingerprint density at radius 1 is 1.83 bits per heavy atom. The molecule has 6 heavy (non-hydrogen) atoms. The molecule has 0 aromatic heterocycles. The van der Waals surface area contributed by atoms with E-state index in [-0.39, 0.29) is 8.81 Å². The zero-order valence-electron chi connectivity index (χ0n) is 3.77. The fraction of sp³-hybridized carbons (Fsp3) is 1.00. The summed E-state index contributed by atoms with van der Waals surface area (Å²) < 4.78 is 3.81. The van der Waals surface area contributed by atoms with Crippen LogP contribution in [0.3, 0.4) is 0 Å². The molecule has 2 nitrogen and oxygen atoms in total. The highest BCUT2D eigenvalue weighted by molar-refractivity contribution is 7.32. The Kier molecular flexibility index (Phi) is 5.66. The zero-order valence-corrected chi connectivity index (χ0v) is 4.77. The van der Waals surface area contributed by atoms with Gasteiger partial charge in [0.1, 0.15) is 0 Å². The third-order valence-electron chi connectivity index (χ3n) is 0.417. The molecular formula is C3H9O2P. The third-order valence-corrected chi connectivity index (χ3v) is 1.25. The molecule has 0 heterocycles. The van der Waals surface area contributed by atoms with Crippen molar-refractivity contribution >= 4 is 8.81 Å². The molecule has 0 aromatic carbocycles. The van der Waals surface area contributed by atoms with Crippen molar-refractivity contribution in [2.45, 2.75) is 13.3 Å². The van der Waals surface area contributed by atoms with Crippen molar-refractivity contribution in [3.63, 3.8) is 0 Å². The van der Waals surface area contributed by atoms with Crippen LogP contribution in [0.4, 0.5) is 0 Å². The van der Waals surface area contributed by atoms with Gasteiger partial charge in [0.15, 0.2) is 0 Å². The molecule has 38 valence electrons. The third kappa shape index (κ3) is 4.35. The first-order valence-corrected chi connectivity index (χ1v) is 3.06. The molecule has 0 aromatic rings. The van der Waals surface area contributed by atoms with E-state index in [1.165, 1.54) is 0 Å². The highest BCUT2D eigenvalue weighted by Crippen LogP contribution is 2.08. The molecule has 0 fully saturated rings. The van der Waals surface area contributed by atoms with Crippen LogP contribution in [-0.2, 0) is 4.67 Å². The van der Waals surface area contributed by atoms with E-state index in [1.54, 1.807) is 0 Å². The molecule has 0 amide bonds. The van der Waals surface area contributed by atoms with E-state index in [2.05, 4.69) is 4.67 Å². The summed E-state index contributed by atoms with van der Waals surface area (Å²) in [6.07, 6.45) is 2.05. The predicted octanol–water partition coefficient (Wildman–Crippen LogP) is 1.48. The van der Waals surface area contributed by atoms with E-state index in [4.69, 9.17) is 5.26 Å². The summed E-state index contributed by atoms with van der Waals surface area (Å²) in [6, 6.07) is 0. The first-order chi connectivity index (χ1) is 2.91. The van der Waals surface area contributed by atoms with Gasteiger partial charge in [-0.05, 0) is 6.16 Å². The molecule has 3 heteroatoms. The molecule has 0 aliphatic rings. The minimum absolute atomic E-state index is 0.270. The number of hydrogen-bond donors (Lipinski definition) is 1. The van der Waals surface area contributed by atoms with Gasteiger partial charge in [-0.2, -0.15) is 0 Å². The summed E-state index contributed by atoms with van der Waals surface area (Å²) in [7, 11) is 0.270. The summed E-state index contributed by atoms with van der Waals surface area (Å²) in [5, 5.41) is 7.71. The predicted molar refractivity (Wildman–Crippen MR) is 27.2 cm³/mol. The van der Waals surface area contributed by atoms with Crippen molar-refractivity contribution < 1.29 is 9.93 Å². The van der Waals surface area contributed by atoms with Gasteiger partial charge in [0, 0.05) is 0 Å². The van der Waals surface area contributed by atoms with Crippen LogP contribution in [0.15, 0.2) is 0 Å². The molecule has 0 aliphatic carbocycles. The minimum Gasteiger partial charge on any atom is -0.249 e. The van der Waals surface area contributed by atoms with Gasteiger partial charge in [0.05, 0.1) is 8.81 Å². The maximum Gasteiger partial charge on any atom is 0.0562 e. The van der Waals surface area contributed by atoms with E-state index in [0.717, 1.165) is 12.6 Å². The fourth-order valence-corrected chi connectivity index (χ4v) is 0.443. The second kappa shape index (κ2) is 5.35. The van der Waals surface area contributed by atoms with Crippen LogP contribution in [0.1, 0.15) is 13.3 Å². The normalized spacial score (nSPS) is 11.0. The van der Waals surface area contributed by atoms with Gasteiger partial charge in [-0.15, -0.1) is 0 Å². The summed E-state index contributed by atoms with van der Waals surface area (Å²) >= 11 is 0. The lowest BCUT2D eigenvalue weighted by Gasteiger charge is -1.86. The Morgan fingerprint density at radius 2 is 2.50 bits per heavy atom. The van der Waals surface area contributed by atoms with E-state index >= 15 is 0 Å². The molecular weight excluding hydrogens is 99.0 g/mol. The van der Waals surface area contributed by atoms with Crippen LogP contribution in [0, 0.1) is 0 Å². The largest absolute Gasteiger partial charge is 0.249 e. The molecule has 0 aliphatic heterocycles. The summed E-state index contributed by atoms with van der Waals surface area (Å²) in [5.74, 6) is 0. The lowest BCUT2D eigenvalue weighted by Crippen LogP contribution is -1.68. The van der Waals surface area contributed by atoms with Crippen LogP contribution >= 0.6 is 8.81 Å². The van der Waals surface area contributed by atoms with Crippen molar-refractivity contribution in [1.29, 1.82) is 0 Å². The zero-order chi connectivity index (χ0) is 4.83. The van der Waals surface area contributed by atoms with E-state index in [9.17, 15) is 0 Å². The van der Waals surface area contributed by atoms with Crippen molar-refractivity contribution in [2.75, 3.05) is 6.16 Å². The monoisotopic (exact) mass is 108 g/mol. The van der Waals surface area contributed by atoms with E-state index < -0.39 is 0 Å². The fourth-order valence-electron chi connectivity index (χ4n) is 0.148.